The predicted molar refractivity (Wildman–Crippen MR) is 85.1 cm³/mol. The van der Waals surface area contributed by atoms with E-state index in [0.717, 1.165) is 25.7 Å². The van der Waals surface area contributed by atoms with Crippen molar-refractivity contribution in [2.75, 3.05) is 32.8 Å². The maximum Gasteiger partial charge on any atom is 0.0619 e. The number of nitrogens with one attached hydrogen (secondary N) is 1. The summed E-state index contributed by atoms with van der Waals surface area (Å²) in [5.41, 5.74) is 0.480. The van der Waals surface area contributed by atoms with Crippen LogP contribution < -0.4 is 5.32 Å². The second kappa shape index (κ2) is 7.24. The van der Waals surface area contributed by atoms with Gasteiger partial charge in [0.25, 0.3) is 0 Å². The van der Waals surface area contributed by atoms with Crippen molar-refractivity contribution < 1.29 is 4.74 Å². The molecule has 0 aromatic rings. The SMILES string of the molecule is CC1CCCC(CNC(C)C)(CN2CCOCC2C)C1. The topological polar surface area (TPSA) is 24.5 Å². The predicted octanol–water partition coefficient (Wildman–Crippen LogP) is 2.90. The van der Waals surface area contributed by atoms with Gasteiger partial charge in [-0.15, -0.1) is 0 Å². The number of morpholine rings is 1. The Morgan fingerprint density at radius 1 is 1.35 bits per heavy atom. The molecule has 20 heavy (non-hydrogen) atoms. The van der Waals surface area contributed by atoms with E-state index in [1.54, 1.807) is 0 Å². The quantitative estimate of drug-likeness (QED) is 0.839. The highest BCUT2D eigenvalue weighted by Gasteiger charge is 2.37. The lowest BCUT2D eigenvalue weighted by molar-refractivity contribution is -0.0309. The van der Waals surface area contributed by atoms with Gasteiger partial charge in [0, 0.05) is 31.7 Å². The third-order valence-electron chi connectivity index (χ3n) is 5.11. The van der Waals surface area contributed by atoms with Gasteiger partial charge in [0.05, 0.1) is 13.2 Å². The molecule has 3 atom stereocenters. The molecule has 0 aromatic carbocycles. The van der Waals surface area contributed by atoms with E-state index in [4.69, 9.17) is 4.74 Å². The highest BCUT2D eigenvalue weighted by atomic mass is 16.5. The summed E-state index contributed by atoms with van der Waals surface area (Å²) in [6.07, 6.45) is 5.60. The fourth-order valence-electron chi connectivity index (χ4n) is 3.98. The van der Waals surface area contributed by atoms with Gasteiger partial charge in [-0.05, 0) is 31.1 Å². The number of hydrogen-bond acceptors (Lipinski definition) is 3. The number of ether oxygens (including phenoxy) is 1. The van der Waals surface area contributed by atoms with Gasteiger partial charge in [0.1, 0.15) is 0 Å². The third-order valence-corrected chi connectivity index (χ3v) is 5.11. The van der Waals surface area contributed by atoms with E-state index in [2.05, 4.69) is 37.9 Å². The first-order valence-electron chi connectivity index (χ1n) is 8.56. The first-order valence-corrected chi connectivity index (χ1v) is 8.56. The highest BCUT2D eigenvalue weighted by molar-refractivity contribution is 4.91. The van der Waals surface area contributed by atoms with Crippen molar-refractivity contribution in [3.8, 4) is 0 Å². The largest absolute Gasteiger partial charge is 0.379 e. The second-order valence-electron chi connectivity index (χ2n) is 7.63. The van der Waals surface area contributed by atoms with Crippen LogP contribution in [0.1, 0.15) is 53.4 Å². The van der Waals surface area contributed by atoms with Crippen molar-refractivity contribution in [2.24, 2.45) is 11.3 Å². The Morgan fingerprint density at radius 2 is 2.15 bits per heavy atom. The summed E-state index contributed by atoms with van der Waals surface area (Å²) in [4.78, 5) is 2.67. The lowest BCUT2D eigenvalue weighted by Gasteiger charge is -2.46. The Morgan fingerprint density at radius 3 is 2.80 bits per heavy atom. The van der Waals surface area contributed by atoms with Crippen molar-refractivity contribution in [1.29, 1.82) is 0 Å². The van der Waals surface area contributed by atoms with Crippen LogP contribution in [0.25, 0.3) is 0 Å². The minimum atomic E-state index is 0.480. The molecule has 0 spiro atoms. The zero-order chi connectivity index (χ0) is 14.6. The van der Waals surface area contributed by atoms with Gasteiger partial charge in [0.2, 0.25) is 0 Å². The fraction of sp³-hybridized carbons (Fsp3) is 1.00. The Hall–Kier alpha value is -0.120. The van der Waals surface area contributed by atoms with Crippen molar-refractivity contribution in [2.45, 2.75) is 65.5 Å². The van der Waals surface area contributed by atoms with Crippen LogP contribution in [0, 0.1) is 11.3 Å². The normalized spacial score (nSPS) is 36.5. The van der Waals surface area contributed by atoms with Crippen LogP contribution in [-0.4, -0.2) is 49.8 Å². The highest BCUT2D eigenvalue weighted by Crippen LogP contribution is 2.40. The molecule has 1 aliphatic heterocycles. The number of rotatable bonds is 5. The van der Waals surface area contributed by atoms with E-state index in [9.17, 15) is 0 Å². The molecule has 1 saturated heterocycles. The maximum atomic E-state index is 5.60. The van der Waals surface area contributed by atoms with E-state index >= 15 is 0 Å². The molecule has 2 aliphatic rings. The van der Waals surface area contributed by atoms with Gasteiger partial charge in [-0.1, -0.05) is 33.6 Å². The first kappa shape index (κ1) is 16.3. The lowest BCUT2D eigenvalue weighted by atomic mass is 9.69. The third kappa shape index (κ3) is 4.44. The lowest BCUT2D eigenvalue weighted by Crippen LogP contribution is -2.53. The molecule has 0 amide bonds. The molecule has 2 fully saturated rings. The molecule has 0 aromatic heterocycles. The molecule has 118 valence electrons. The van der Waals surface area contributed by atoms with Crippen LogP contribution in [0.3, 0.4) is 0 Å². The summed E-state index contributed by atoms with van der Waals surface area (Å²) < 4.78 is 5.60. The van der Waals surface area contributed by atoms with Crippen LogP contribution >= 0.6 is 0 Å². The summed E-state index contributed by atoms with van der Waals surface area (Å²) in [7, 11) is 0. The number of hydrogen-bond donors (Lipinski definition) is 1. The van der Waals surface area contributed by atoms with Gasteiger partial charge >= 0.3 is 0 Å². The average Bonchev–Trinajstić information content (AvgIpc) is 2.39. The fourth-order valence-corrected chi connectivity index (χ4v) is 3.98. The van der Waals surface area contributed by atoms with Gasteiger partial charge in [0.15, 0.2) is 0 Å². The van der Waals surface area contributed by atoms with Gasteiger partial charge in [-0.3, -0.25) is 4.90 Å². The van der Waals surface area contributed by atoms with Gasteiger partial charge in [-0.2, -0.15) is 0 Å². The Labute approximate surface area is 125 Å². The molecule has 3 unspecified atom stereocenters. The summed E-state index contributed by atoms with van der Waals surface area (Å²) in [5.74, 6) is 0.883. The zero-order valence-corrected chi connectivity index (χ0v) is 14.0. The first-order chi connectivity index (χ1) is 9.51. The summed E-state index contributed by atoms with van der Waals surface area (Å²) in [6.45, 7) is 14.6. The molecular weight excluding hydrogens is 248 g/mol. The summed E-state index contributed by atoms with van der Waals surface area (Å²) in [5, 5.41) is 3.72. The molecule has 1 saturated carbocycles. The molecule has 0 bridgehead atoms. The van der Waals surface area contributed by atoms with Crippen LogP contribution in [0.5, 0.6) is 0 Å². The second-order valence-corrected chi connectivity index (χ2v) is 7.63. The molecule has 3 nitrogen and oxygen atoms in total. The smallest absolute Gasteiger partial charge is 0.0619 e. The molecule has 2 rings (SSSR count). The Bertz CT molecular complexity index is 295. The van der Waals surface area contributed by atoms with Crippen LogP contribution in [-0.2, 0) is 4.74 Å². The molecule has 3 heteroatoms. The van der Waals surface area contributed by atoms with Gasteiger partial charge in [-0.25, -0.2) is 0 Å². The number of nitrogens with zero attached hydrogens (tertiary/aromatic N) is 1. The van der Waals surface area contributed by atoms with Crippen molar-refractivity contribution in [3.05, 3.63) is 0 Å². The summed E-state index contributed by atoms with van der Waals surface area (Å²) in [6, 6.07) is 1.17. The Balaban J connectivity index is 2.01. The molecule has 1 N–H and O–H groups in total. The van der Waals surface area contributed by atoms with E-state index in [1.807, 2.05) is 0 Å². The van der Waals surface area contributed by atoms with E-state index in [0.29, 0.717) is 17.5 Å². The van der Waals surface area contributed by atoms with E-state index in [1.165, 1.54) is 38.8 Å². The zero-order valence-electron chi connectivity index (χ0n) is 14.0. The average molecular weight is 282 g/mol. The minimum absolute atomic E-state index is 0.480. The van der Waals surface area contributed by atoms with E-state index in [-0.39, 0.29) is 0 Å². The Kier molecular flexibility index (Phi) is 5.88. The maximum absolute atomic E-state index is 5.60. The monoisotopic (exact) mass is 282 g/mol. The molecule has 0 radical (unpaired) electrons. The van der Waals surface area contributed by atoms with E-state index < -0.39 is 0 Å². The molecule has 1 aliphatic carbocycles. The van der Waals surface area contributed by atoms with Crippen molar-refractivity contribution in [1.82, 2.24) is 10.2 Å². The van der Waals surface area contributed by atoms with Crippen LogP contribution in [0.15, 0.2) is 0 Å². The van der Waals surface area contributed by atoms with Crippen molar-refractivity contribution in [3.63, 3.8) is 0 Å². The standard InChI is InChI=1S/C17H34N2O/c1-14(2)18-12-17(7-5-6-15(3)10-17)13-19-8-9-20-11-16(19)4/h14-16,18H,5-13H2,1-4H3. The summed E-state index contributed by atoms with van der Waals surface area (Å²) >= 11 is 0. The molecular formula is C17H34N2O. The van der Waals surface area contributed by atoms with Crippen LogP contribution in [0.2, 0.25) is 0 Å². The van der Waals surface area contributed by atoms with Crippen LogP contribution in [0.4, 0.5) is 0 Å². The van der Waals surface area contributed by atoms with Gasteiger partial charge < -0.3 is 10.1 Å². The minimum Gasteiger partial charge on any atom is -0.379 e. The van der Waals surface area contributed by atoms with Crippen molar-refractivity contribution >= 4 is 0 Å². The molecule has 1 heterocycles.